The average Bonchev–Trinajstić information content (AvgIpc) is 3.84. The standard InChI is InChI=1S/C61H59N2O6/c1-44-27-54(68-41-52-31-56(64-37-48-17-9-5-10-18-48)35-57(32-52)65-38-49-19-11-6-12-20-49)28-45(2)60(44)62-25-26-63(43-62)61-46(3)29-55(30-47(61)4)69-42-53-33-58(66-39-50-21-13-7-14-22-50)36-59(34-53)67-40-51-23-15-8-16-24-51/h5-24,27-36,43H,25-26,37-42H2,1-4H3/q+1. The molecule has 0 spiro atoms. The van der Waals surface area contributed by atoms with Crippen LogP contribution in [0.25, 0.3) is 0 Å². The molecule has 0 amide bonds. The Morgan fingerprint density at radius 3 is 0.971 bits per heavy atom. The molecule has 69 heavy (non-hydrogen) atoms. The van der Waals surface area contributed by atoms with Gasteiger partial charge in [0.2, 0.25) is 6.34 Å². The van der Waals surface area contributed by atoms with Gasteiger partial charge in [-0.25, -0.2) is 9.48 Å². The number of hydrogen-bond acceptors (Lipinski definition) is 7. The summed E-state index contributed by atoms with van der Waals surface area (Å²) in [5.41, 5.74) is 13.3. The van der Waals surface area contributed by atoms with Gasteiger partial charge in [0.15, 0.2) is 0 Å². The Labute approximate surface area is 406 Å². The highest BCUT2D eigenvalue weighted by Crippen LogP contribution is 2.35. The highest BCUT2D eigenvalue weighted by Gasteiger charge is 2.28. The van der Waals surface area contributed by atoms with E-state index >= 15 is 0 Å². The van der Waals surface area contributed by atoms with E-state index in [1.807, 2.05) is 109 Å². The summed E-state index contributed by atoms with van der Waals surface area (Å²) in [5, 5.41) is 0. The third kappa shape index (κ3) is 12.5. The van der Waals surface area contributed by atoms with Crippen molar-refractivity contribution in [2.24, 2.45) is 0 Å². The van der Waals surface area contributed by atoms with Crippen LogP contribution in [0.1, 0.15) is 55.6 Å². The highest BCUT2D eigenvalue weighted by atomic mass is 16.5. The van der Waals surface area contributed by atoms with Crippen molar-refractivity contribution in [2.75, 3.05) is 18.0 Å². The first-order valence-corrected chi connectivity index (χ1v) is 23.6. The van der Waals surface area contributed by atoms with Crippen molar-refractivity contribution in [1.29, 1.82) is 0 Å². The van der Waals surface area contributed by atoms with Gasteiger partial charge in [-0.2, -0.15) is 0 Å². The summed E-state index contributed by atoms with van der Waals surface area (Å²) in [6, 6.07) is 61.3. The predicted molar refractivity (Wildman–Crippen MR) is 275 cm³/mol. The first-order valence-electron chi connectivity index (χ1n) is 23.6. The zero-order valence-electron chi connectivity index (χ0n) is 39.9. The zero-order valence-corrected chi connectivity index (χ0v) is 39.9. The first-order chi connectivity index (χ1) is 33.8. The molecule has 1 heterocycles. The molecule has 0 aromatic heterocycles. The van der Waals surface area contributed by atoms with E-state index in [1.165, 1.54) is 11.4 Å². The highest BCUT2D eigenvalue weighted by molar-refractivity contribution is 5.82. The maximum absolute atomic E-state index is 6.48. The minimum Gasteiger partial charge on any atom is -0.489 e. The maximum Gasteiger partial charge on any atom is 0.244 e. The summed E-state index contributed by atoms with van der Waals surface area (Å²) in [4.78, 5) is 2.35. The van der Waals surface area contributed by atoms with Gasteiger partial charge in [0, 0.05) is 12.1 Å². The maximum atomic E-state index is 6.48. The van der Waals surface area contributed by atoms with Gasteiger partial charge in [-0.15, -0.1) is 0 Å². The van der Waals surface area contributed by atoms with Crippen molar-refractivity contribution >= 4 is 17.7 Å². The van der Waals surface area contributed by atoms with E-state index in [4.69, 9.17) is 28.4 Å². The van der Waals surface area contributed by atoms with Crippen LogP contribution in [-0.2, 0) is 39.6 Å². The molecular weight excluding hydrogens is 857 g/mol. The third-order valence-electron chi connectivity index (χ3n) is 12.0. The fourth-order valence-corrected chi connectivity index (χ4v) is 8.80. The number of ether oxygens (including phenoxy) is 6. The van der Waals surface area contributed by atoms with Gasteiger partial charge in [0.05, 0.1) is 0 Å². The molecule has 9 rings (SSSR count). The Bertz CT molecular complexity index is 2830. The third-order valence-corrected chi connectivity index (χ3v) is 12.0. The van der Waals surface area contributed by atoms with Crippen molar-refractivity contribution in [2.45, 2.75) is 67.3 Å². The zero-order chi connectivity index (χ0) is 47.4. The number of anilines is 1. The molecule has 8 aromatic rings. The van der Waals surface area contributed by atoms with Crippen molar-refractivity contribution < 1.29 is 33.0 Å². The van der Waals surface area contributed by atoms with E-state index in [0.717, 1.165) is 103 Å². The molecule has 0 saturated carbocycles. The number of nitrogens with zero attached hydrogens (tertiary/aromatic N) is 2. The smallest absolute Gasteiger partial charge is 0.244 e. The topological polar surface area (TPSA) is 61.6 Å². The molecule has 0 atom stereocenters. The number of benzene rings is 8. The van der Waals surface area contributed by atoms with E-state index in [9.17, 15) is 0 Å². The van der Waals surface area contributed by atoms with Crippen LogP contribution in [0.3, 0.4) is 0 Å². The Hall–Kier alpha value is -7.97. The molecule has 0 radical (unpaired) electrons. The van der Waals surface area contributed by atoms with Crippen LogP contribution in [-0.4, -0.2) is 24.0 Å². The first kappa shape index (κ1) is 46.2. The van der Waals surface area contributed by atoms with Gasteiger partial charge in [0.25, 0.3) is 0 Å². The van der Waals surface area contributed by atoms with E-state index < -0.39 is 0 Å². The SMILES string of the molecule is Cc1cc(OCc2cc(OCc3ccccc3)cc(OCc3ccccc3)c2)cc(C)c1N1C=[N+](c2c(C)cc(OCc3cc(OCc4ccccc4)cc(OCc4ccccc4)c3)cc2C)CC1. The molecule has 1 aliphatic heterocycles. The number of hydrogen-bond donors (Lipinski definition) is 0. The summed E-state index contributed by atoms with van der Waals surface area (Å²) < 4.78 is 40.3. The molecule has 0 bridgehead atoms. The molecule has 0 N–H and O–H groups in total. The Morgan fingerprint density at radius 1 is 0.348 bits per heavy atom. The monoisotopic (exact) mass is 915 g/mol. The molecule has 0 saturated heterocycles. The van der Waals surface area contributed by atoms with Crippen LogP contribution >= 0.6 is 0 Å². The summed E-state index contributed by atoms with van der Waals surface area (Å²) in [7, 11) is 0. The Balaban J connectivity index is 0.857. The predicted octanol–water partition coefficient (Wildman–Crippen LogP) is 13.6. The largest absolute Gasteiger partial charge is 0.489 e. The van der Waals surface area contributed by atoms with Crippen molar-refractivity contribution in [1.82, 2.24) is 0 Å². The van der Waals surface area contributed by atoms with Gasteiger partial charge in [-0.05, 0) is 132 Å². The molecule has 0 fully saturated rings. The van der Waals surface area contributed by atoms with E-state index in [1.54, 1.807) is 0 Å². The molecule has 8 heteroatoms. The average molecular weight is 916 g/mol. The van der Waals surface area contributed by atoms with Crippen LogP contribution in [0.2, 0.25) is 0 Å². The van der Waals surface area contributed by atoms with Crippen LogP contribution in [0.5, 0.6) is 34.5 Å². The molecule has 0 aliphatic carbocycles. The summed E-state index contributed by atoms with van der Waals surface area (Å²) >= 11 is 0. The molecule has 8 nitrogen and oxygen atoms in total. The second-order valence-electron chi connectivity index (χ2n) is 17.6. The molecule has 348 valence electrons. The Morgan fingerprint density at radius 2 is 0.638 bits per heavy atom. The lowest BCUT2D eigenvalue weighted by Gasteiger charge is -2.16. The molecular formula is C61H59N2O6+. The van der Waals surface area contributed by atoms with Gasteiger partial charge in [-0.1, -0.05) is 121 Å². The van der Waals surface area contributed by atoms with Crippen molar-refractivity contribution in [3.63, 3.8) is 0 Å². The van der Waals surface area contributed by atoms with Crippen LogP contribution in [0.15, 0.2) is 182 Å². The fourth-order valence-electron chi connectivity index (χ4n) is 8.80. The normalized spacial score (nSPS) is 12.1. The second kappa shape index (κ2) is 22.2. The summed E-state index contributed by atoms with van der Waals surface area (Å²) in [6.07, 6.45) is 2.24. The minimum absolute atomic E-state index is 0.365. The van der Waals surface area contributed by atoms with Gasteiger partial charge >= 0.3 is 0 Å². The number of aryl methyl sites for hydroxylation is 4. The van der Waals surface area contributed by atoms with E-state index in [-0.39, 0.29) is 0 Å². The van der Waals surface area contributed by atoms with E-state index in [2.05, 4.69) is 116 Å². The van der Waals surface area contributed by atoms with Crippen molar-refractivity contribution in [3.05, 3.63) is 238 Å². The van der Waals surface area contributed by atoms with Crippen molar-refractivity contribution in [3.8, 4) is 34.5 Å². The summed E-state index contributed by atoms with van der Waals surface area (Å²) in [5.74, 6) is 4.57. The second-order valence-corrected chi connectivity index (χ2v) is 17.6. The lowest BCUT2D eigenvalue weighted by Crippen LogP contribution is -2.20. The molecule has 0 unspecified atom stereocenters. The van der Waals surface area contributed by atoms with Gasteiger partial charge in [-0.3, -0.25) is 0 Å². The number of rotatable bonds is 20. The lowest BCUT2D eigenvalue weighted by molar-refractivity contribution is -0.425. The van der Waals surface area contributed by atoms with Crippen LogP contribution in [0, 0.1) is 27.7 Å². The molecule has 8 aromatic carbocycles. The van der Waals surface area contributed by atoms with E-state index in [0.29, 0.717) is 39.6 Å². The Kier molecular flexibility index (Phi) is 14.9. The minimum atomic E-state index is 0.365. The summed E-state index contributed by atoms with van der Waals surface area (Å²) in [6.45, 7) is 12.9. The van der Waals surface area contributed by atoms with Crippen LogP contribution in [0.4, 0.5) is 11.4 Å². The fraction of sp³-hybridized carbons (Fsp3) is 0.197. The van der Waals surface area contributed by atoms with Crippen LogP contribution < -0.4 is 33.3 Å². The quantitative estimate of drug-likeness (QED) is 0.0706. The van der Waals surface area contributed by atoms with Gasteiger partial charge < -0.3 is 28.4 Å². The lowest BCUT2D eigenvalue weighted by atomic mass is 10.1. The van der Waals surface area contributed by atoms with Gasteiger partial charge in [0.1, 0.15) is 98.6 Å². The molecule has 1 aliphatic rings.